The second-order valence-corrected chi connectivity index (χ2v) is 8.52. The molecule has 2 aliphatic rings. The van der Waals surface area contributed by atoms with Crippen molar-refractivity contribution in [3.05, 3.63) is 78.4 Å². The van der Waals surface area contributed by atoms with Crippen LogP contribution in [0.4, 0.5) is 0 Å². The monoisotopic (exact) mass is 390 g/mol. The summed E-state index contributed by atoms with van der Waals surface area (Å²) >= 11 is 1.86. The first kappa shape index (κ1) is 17.4. The van der Waals surface area contributed by atoms with Gasteiger partial charge in [0, 0.05) is 29.9 Å². The SMILES string of the molecule is COc1ccccc1-n1cccc1[C@@H]1[C@H](c2ccccn2)N=C2S[C@@H](C)CN21. The molecule has 0 bridgehead atoms. The van der Waals surface area contributed by atoms with E-state index in [4.69, 9.17) is 9.73 Å². The van der Waals surface area contributed by atoms with Gasteiger partial charge in [-0.15, -0.1) is 0 Å². The number of fused-ring (bicyclic) bond motifs is 1. The van der Waals surface area contributed by atoms with Crippen LogP contribution in [0.15, 0.2) is 72.0 Å². The third kappa shape index (κ3) is 2.79. The van der Waals surface area contributed by atoms with E-state index in [-0.39, 0.29) is 12.1 Å². The number of amidine groups is 1. The van der Waals surface area contributed by atoms with Crippen LogP contribution in [0.5, 0.6) is 5.75 Å². The van der Waals surface area contributed by atoms with Gasteiger partial charge in [0.1, 0.15) is 11.8 Å². The molecule has 0 radical (unpaired) electrons. The van der Waals surface area contributed by atoms with Crippen LogP contribution in [-0.4, -0.2) is 38.5 Å². The molecule has 6 heteroatoms. The van der Waals surface area contributed by atoms with Gasteiger partial charge in [-0.25, -0.2) is 0 Å². The number of rotatable bonds is 4. The van der Waals surface area contributed by atoms with E-state index in [1.807, 2.05) is 48.3 Å². The second kappa shape index (κ2) is 7.02. The van der Waals surface area contributed by atoms with Gasteiger partial charge in [-0.3, -0.25) is 9.98 Å². The number of hydrogen-bond donors (Lipinski definition) is 0. The zero-order valence-corrected chi connectivity index (χ0v) is 16.7. The molecule has 4 heterocycles. The van der Waals surface area contributed by atoms with E-state index in [0.717, 1.165) is 28.8 Å². The van der Waals surface area contributed by atoms with Crippen molar-refractivity contribution in [3.63, 3.8) is 0 Å². The highest BCUT2D eigenvalue weighted by atomic mass is 32.2. The molecule has 3 aromatic rings. The van der Waals surface area contributed by atoms with Crippen LogP contribution in [-0.2, 0) is 0 Å². The lowest BCUT2D eigenvalue weighted by atomic mass is 10.0. The average Bonchev–Trinajstić information content (AvgIpc) is 3.42. The predicted molar refractivity (Wildman–Crippen MR) is 113 cm³/mol. The van der Waals surface area contributed by atoms with Crippen LogP contribution in [0, 0.1) is 0 Å². The van der Waals surface area contributed by atoms with Crippen molar-refractivity contribution in [2.75, 3.05) is 13.7 Å². The van der Waals surface area contributed by atoms with Crippen LogP contribution in [0.1, 0.15) is 30.4 Å². The van der Waals surface area contributed by atoms with Crippen LogP contribution >= 0.6 is 11.8 Å². The quantitative estimate of drug-likeness (QED) is 0.659. The number of aliphatic imine (C=N–C) groups is 1. The van der Waals surface area contributed by atoms with Crippen molar-refractivity contribution in [2.45, 2.75) is 24.3 Å². The van der Waals surface area contributed by atoms with E-state index in [2.05, 4.69) is 51.8 Å². The van der Waals surface area contributed by atoms with Gasteiger partial charge in [0.15, 0.2) is 5.17 Å². The summed E-state index contributed by atoms with van der Waals surface area (Å²) in [4.78, 5) is 12.2. The number of methoxy groups -OCH3 is 1. The Morgan fingerprint density at radius 1 is 1.07 bits per heavy atom. The number of para-hydroxylation sites is 2. The Morgan fingerprint density at radius 2 is 1.93 bits per heavy atom. The largest absolute Gasteiger partial charge is 0.495 e. The van der Waals surface area contributed by atoms with Crippen LogP contribution in [0.25, 0.3) is 5.69 Å². The number of benzene rings is 1. The summed E-state index contributed by atoms with van der Waals surface area (Å²) in [6.07, 6.45) is 3.96. The molecule has 0 amide bonds. The molecule has 0 N–H and O–H groups in total. The maximum absolute atomic E-state index is 5.62. The molecule has 1 fully saturated rings. The molecule has 3 atom stereocenters. The molecule has 1 saturated heterocycles. The maximum Gasteiger partial charge on any atom is 0.160 e. The summed E-state index contributed by atoms with van der Waals surface area (Å²) in [5.41, 5.74) is 3.25. The molecule has 0 spiro atoms. The van der Waals surface area contributed by atoms with Crippen molar-refractivity contribution in [1.29, 1.82) is 0 Å². The van der Waals surface area contributed by atoms with Gasteiger partial charge in [0.05, 0.1) is 24.5 Å². The third-order valence-electron chi connectivity index (χ3n) is 5.31. The van der Waals surface area contributed by atoms with Gasteiger partial charge >= 0.3 is 0 Å². The summed E-state index contributed by atoms with van der Waals surface area (Å²) in [6.45, 7) is 3.26. The first-order valence-corrected chi connectivity index (χ1v) is 10.4. The molecule has 5 nitrogen and oxygen atoms in total. The van der Waals surface area contributed by atoms with Crippen LogP contribution < -0.4 is 4.74 Å². The second-order valence-electron chi connectivity index (χ2n) is 7.11. The number of ether oxygens (including phenoxy) is 1. The normalized spacial score (nSPS) is 23.6. The van der Waals surface area contributed by atoms with Crippen molar-refractivity contribution in [3.8, 4) is 11.4 Å². The van der Waals surface area contributed by atoms with Gasteiger partial charge in [-0.05, 0) is 36.4 Å². The molecular formula is C22H22N4OS. The van der Waals surface area contributed by atoms with E-state index < -0.39 is 0 Å². The Bertz CT molecular complexity index is 1020. The Morgan fingerprint density at radius 3 is 2.75 bits per heavy atom. The number of hydrogen-bond acceptors (Lipinski definition) is 5. The molecule has 0 aliphatic carbocycles. The topological polar surface area (TPSA) is 42.6 Å². The number of nitrogens with zero attached hydrogens (tertiary/aromatic N) is 4. The van der Waals surface area contributed by atoms with E-state index in [0.29, 0.717) is 5.25 Å². The summed E-state index contributed by atoms with van der Waals surface area (Å²) < 4.78 is 7.85. The predicted octanol–water partition coefficient (Wildman–Crippen LogP) is 4.47. The smallest absolute Gasteiger partial charge is 0.160 e. The minimum absolute atomic E-state index is 0.0143. The lowest BCUT2D eigenvalue weighted by Gasteiger charge is -2.28. The van der Waals surface area contributed by atoms with Gasteiger partial charge < -0.3 is 14.2 Å². The molecule has 2 aromatic heterocycles. The number of thioether (sulfide) groups is 1. The zero-order chi connectivity index (χ0) is 19.1. The molecule has 5 rings (SSSR count). The summed E-state index contributed by atoms with van der Waals surface area (Å²) in [7, 11) is 1.72. The molecule has 28 heavy (non-hydrogen) atoms. The third-order valence-corrected chi connectivity index (χ3v) is 6.41. The maximum atomic E-state index is 5.62. The van der Waals surface area contributed by atoms with E-state index in [1.54, 1.807) is 7.11 Å². The van der Waals surface area contributed by atoms with Gasteiger partial charge in [-0.1, -0.05) is 36.9 Å². The highest BCUT2D eigenvalue weighted by Gasteiger charge is 2.44. The van der Waals surface area contributed by atoms with Crippen LogP contribution in [0.3, 0.4) is 0 Å². The first-order chi connectivity index (χ1) is 13.8. The van der Waals surface area contributed by atoms with Gasteiger partial charge in [0.2, 0.25) is 0 Å². The van der Waals surface area contributed by atoms with E-state index >= 15 is 0 Å². The fraction of sp³-hybridized carbons (Fsp3) is 0.273. The van der Waals surface area contributed by atoms with Gasteiger partial charge in [0.25, 0.3) is 0 Å². The Kier molecular flexibility index (Phi) is 4.36. The van der Waals surface area contributed by atoms with Crippen molar-refractivity contribution >= 4 is 16.9 Å². The van der Waals surface area contributed by atoms with Crippen LogP contribution in [0.2, 0.25) is 0 Å². The standard InChI is InChI=1S/C22H22N4OS/c1-15-14-26-21(20(24-22(26)28-15)16-8-5-6-12-23-16)18-10-7-13-25(18)17-9-3-4-11-19(17)27-2/h3-13,15,20-21H,14H2,1-2H3/t15-,20-,21+/m0/s1. The van der Waals surface area contributed by atoms with Gasteiger partial charge in [-0.2, -0.15) is 0 Å². The number of aromatic nitrogens is 2. The highest BCUT2D eigenvalue weighted by Crippen LogP contribution is 2.48. The fourth-order valence-corrected chi connectivity index (χ4v) is 5.21. The lowest BCUT2D eigenvalue weighted by Crippen LogP contribution is -2.30. The molecular weight excluding hydrogens is 368 g/mol. The molecule has 1 aromatic carbocycles. The highest BCUT2D eigenvalue weighted by molar-refractivity contribution is 8.14. The van der Waals surface area contributed by atoms with E-state index in [1.165, 1.54) is 5.69 Å². The summed E-state index contributed by atoms with van der Waals surface area (Å²) in [6, 6.07) is 18.6. The average molecular weight is 391 g/mol. The lowest BCUT2D eigenvalue weighted by molar-refractivity contribution is 0.311. The first-order valence-electron chi connectivity index (χ1n) is 9.49. The molecule has 0 saturated carbocycles. The molecule has 2 aliphatic heterocycles. The van der Waals surface area contributed by atoms with E-state index in [9.17, 15) is 0 Å². The zero-order valence-electron chi connectivity index (χ0n) is 15.9. The minimum atomic E-state index is -0.0143. The summed E-state index contributed by atoms with van der Waals surface area (Å²) in [5.74, 6) is 0.859. The Labute approximate surface area is 169 Å². The minimum Gasteiger partial charge on any atom is -0.495 e. The Balaban J connectivity index is 1.63. The number of pyridine rings is 1. The Hall–Kier alpha value is -2.73. The van der Waals surface area contributed by atoms with Crippen molar-refractivity contribution in [2.24, 2.45) is 4.99 Å². The summed E-state index contributed by atoms with van der Waals surface area (Å²) in [5, 5.41) is 1.67. The van der Waals surface area contributed by atoms with Crippen molar-refractivity contribution < 1.29 is 4.74 Å². The molecule has 142 valence electrons. The molecule has 0 unspecified atom stereocenters. The fourth-order valence-electron chi connectivity index (χ4n) is 4.12. The van der Waals surface area contributed by atoms with Crippen molar-refractivity contribution in [1.82, 2.24) is 14.5 Å².